The van der Waals surface area contributed by atoms with Crippen LogP contribution < -0.4 is 5.32 Å². The van der Waals surface area contributed by atoms with Crippen molar-refractivity contribution in [3.63, 3.8) is 0 Å². The lowest BCUT2D eigenvalue weighted by Gasteiger charge is -2.18. The highest BCUT2D eigenvalue weighted by atomic mass is 16.1. The van der Waals surface area contributed by atoms with Gasteiger partial charge in [-0.05, 0) is 30.6 Å². The zero-order valence-electron chi connectivity index (χ0n) is 13.8. The topological polar surface area (TPSA) is 32.3 Å². The van der Waals surface area contributed by atoms with Gasteiger partial charge in [0.15, 0.2) is 0 Å². The zero-order chi connectivity index (χ0) is 15.5. The average Bonchev–Trinajstić information content (AvgIpc) is 2.52. The SMILES string of the molecule is CCCCCC(=O)NCc1ccc(CN(CC)CC)cc1. The van der Waals surface area contributed by atoms with Crippen molar-refractivity contribution in [3.05, 3.63) is 35.4 Å². The molecule has 0 saturated heterocycles. The van der Waals surface area contributed by atoms with Crippen molar-refractivity contribution in [1.29, 1.82) is 0 Å². The van der Waals surface area contributed by atoms with Crippen LogP contribution in [0.25, 0.3) is 0 Å². The Balaban J connectivity index is 2.35. The van der Waals surface area contributed by atoms with Gasteiger partial charge in [0, 0.05) is 19.5 Å². The molecule has 0 spiro atoms. The standard InChI is InChI=1S/C18H30N2O/c1-4-7-8-9-18(21)19-14-16-10-12-17(13-11-16)15-20(5-2)6-3/h10-13H,4-9,14-15H2,1-3H3,(H,19,21). The third-order valence-corrected chi connectivity index (χ3v) is 3.82. The van der Waals surface area contributed by atoms with Gasteiger partial charge in [0.05, 0.1) is 0 Å². The molecule has 1 N–H and O–H groups in total. The highest BCUT2D eigenvalue weighted by Gasteiger charge is 2.03. The molecule has 0 aliphatic rings. The molecule has 1 rings (SSSR count). The number of benzene rings is 1. The van der Waals surface area contributed by atoms with Crippen LogP contribution in [0.15, 0.2) is 24.3 Å². The molecule has 0 unspecified atom stereocenters. The predicted octanol–water partition coefficient (Wildman–Crippen LogP) is 3.72. The first-order valence-electron chi connectivity index (χ1n) is 8.26. The van der Waals surface area contributed by atoms with Crippen LogP contribution in [0.2, 0.25) is 0 Å². The molecule has 0 radical (unpaired) electrons. The Morgan fingerprint density at radius 3 is 2.19 bits per heavy atom. The molecule has 1 amide bonds. The fourth-order valence-electron chi connectivity index (χ4n) is 2.29. The lowest BCUT2D eigenvalue weighted by Crippen LogP contribution is -2.23. The smallest absolute Gasteiger partial charge is 0.220 e. The number of unbranched alkanes of at least 4 members (excludes halogenated alkanes) is 2. The van der Waals surface area contributed by atoms with E-state index in [9.17, 15) is 4.79 Å². The van der Waals surface area contributed by atoms with E-state index in [0.717, 1.165) is 38.9 Å². The third kappa shape index (κ3) is 7.28. The van der Waals surface area contributed by atoms with Crippen LogP contribution in [0.4, 0.5) is 0 Å². The minimum Gasteiger partial charge on any atom is -0.352 e. The summed E-state index contributed by atoms with van der Waals surface area (Å²) < 4.78 is 0. The molecule has 3 heteroatoms. The number of nitrogens with zero attached hydrogens (tertiary/aromatic N) is 1. The maximum Gasteiger partial charge on any atom is 0.220 e. The van der Waals surface area contributed by atoms with E-state index in [4.69, 9.17) is 0 Å². The predicted molar refractivity (Wildman–Crippen MR) is 89.1 cm³/mol. The Labute approximate surface area is 129 Å². The average molecular weight is 290 g/mol. The summed E-state index contributed by atoms with van der Waals surface area (Å²) in [7, 11) is 0. The van der Waals surface area contributed by atoms with Gasteiger partial charge in [0.25, 0.3) is 0 Å². The van der Waals surface area contributed by atoms with Crippen molar-refractivity contribution in [1.82, 2.24) is 10.2 Å². The summed E-state index contributed by atoms with van der Waals surface area (Å²) in [6.45, 7) is 10.3. The van der Waals surface area contributed by atoms with E-state index in [1.54, 1.807) is 0 Å². The first kappa shape index (κ1) is 17.7. The number of amides is 1. The molecule has 1 aromatic carbocycles. The summed E-state index contributed by atoms with van der Waals surface area (Å²) in [5.74, 6) is 0.163. The van der Waals surface area contributed by atoms with E-state index >= 15 is 0 Å². The minimum absolute atomic E-state index is 0.163. The van der Waals surface area contributed by atoms with Crippen molar-refractivity contribution in [2.45, 2.75) is 59.5 Å². The van der Waals surface area contributed by atoms with Gasteiger partial charge < -0.3 is 5.32 Å². The van der Waals surface area contributed by atoms with Crippen LogP contribution in [0.5, 0.6) is 0 Å². The molecule has 0 aromatic heterocycles. The van der Waals surface area contributed by atoms with Gasteiger partial charge in [0.2, 0.25) is 5.91 Å². The maximum atomic E-state index is 11.7. The molecule has 1 aromatic rings. The van der Waals surface area contributed by atoms with Crippen molar-refractivity contribution in [2.75, 3.05) is 13.1 Å². The summed E-state index contributed by atoms with van der Waals surface area (Å²) in [6.07, 6.45) is 3.92. The minimum atomic E-state index is 0.163. The number of carbonyl (C=O) groups excluding carboxylic acids is 1. The van der Waals surface area contributed by atoms with E-state index in [1.165, 1.54) is 11.1 Å². The second-order valence-electron chi connectivity index (χ2n) is 5.51. The van der Waals surface area contributed by atoms with Gasteiger partial charge in [-0.3, -0.25) is 9.69 Å². The van der Waals surface area contributed by atoms with E-state index in [2.05, 4.69) is 55.3 Å². The second-order valence-corrected chi connectivity index (χ2v) is 5.51. The number of hydrogen-bond acceptors (Lipinski definition) is 2. The first-order chi connectivity index (χ1) is 10.2. The molecule has 0 bridgehead atoms. The molecule has 0 atom stereocenters. The molecular formula is C18H30N2O. The van der Waals surface area contributed by atoms with Crippen molar-refractivity contribution >= 4 is 5.91 Å². The number of nitrogens with one attached hydrogen (secondary N) is 1. The fourth-order valence-corrected chi connectivity index (χ4v) is 2.29. The summed E-state index contributed by atoms with van der Waals surface area (Å²) in [6, 6.07) is 8.56. The molecule has 0 aliphatic carbocycles. The van der Waals surface area contributed by atoms with Gasteiger partial charge in [-0.1, -0.05) is 57.9 Å². The molecule has 0 saturated carbocycles. The van der Waals surface area contributed by atoms with Crippen LogP contribution in [-0.2, 0) is 17.9 Å². The lowest BCUT2D eigenvalue weighted by molar-refractivity contribution is -0.121. The van der Waals surface area contributed by atoms with Crippen molar-refractivity contribution in [3.8, 4) is 0 Å². The highest BCUT2D eigenvalue weighted by molar-refractivity contribution is 5.75. The maximum absolute atomic E-state index is 11.7. The fraction of sp³-hybridized carbons (Fsp3) is 0.611. The highest BCUT2D eigenvalue weighted by Crippen LogP contribution is 2.08. The lowest BCUT2D eigenvalue weighted by atomic mass is 10.1. The molecule has 3 nitrogen and oxygen atoms in total. The van der Waals surface area contributed by atoms with E-state index < -0.39 is 0 Å². The number of carbonyl (C=O) groups is 1. The molecule has 0 aliphatic heterocycles. The Morgan fingerprint density at radius 2 is 1.62 bits per heavy atom. The Morgan fingerprint density at radius 1 is 1.00 bits per heavy atom. The van der Waals surface area contributed by atoms with E-state index in [-0.39, 0.29) is 5.91 Å². The number of rotatable bonds is 10. The molecule has 21 heavy (non-hydrogen) atoms. The third-order valence-electron chi connectivity index (χ3n) is 3.82. The normalized spacial score (nSPS) is 10.9. The van der Waals surface area contributed by atoms with Crippen molar-refractivity contribution in [2.24, 2.45) is 0 Å². The van der Waals surface area contributed by atoms with Gasteiger partial charge in [-0.2, -0.15) is 0 Å². The van der Waals surface area contributed by atoms with Gasteiger partial charge in [-0.15, -0.1) is 0 Å². The Hall–Kier alpha value is -1.35. The Bertz CT molecular complexity index is 396. The molecular weight excluding hydrogens is 260 g/mol. The van der Waals surface area contributed by atoms with Gasteiger partial charge in [0.1, 0.15) is 0 Å². The quantitative estimate of drug-likeness (QED) is 0.666. The van der Waals surface area contributed by atoms with E-state index in [0.29, 0.717) is 13.0 Å². The van der Waals surface area contributed by atoms with Gasteiger partial charge >= 0.3 is 0 Å². The summed E-state index contributed by atoms with van der Waals surface area (Å²) >= 11 is 0. The van der Waals surface area contributed by atoms with Crippen LogP contribution in [0.3, 0.4) is 0 Å². The molecule has 118 valence electrons. The van der Waals surface area contributed by atoms with Crippen LogP contribution in [0.1, 0.15) is 57.6 Å². The summed E-state index contributed by atoms with van der Waals surface area (Å²) in [5, 5.41) is 2.99. The zero-order valence-corrected chi connectivity index (χ0v) is 13.8. The van der Waals surface area contributed by atoms with Crippen LogP contribution in [-0.4, -0.2) is 23.9 Å². The largest absolute Gasteiger partial charge is 0.352 e. The summed E-state index contributed by atoms with van der Waals surface area (Å²) in [4.78, 5) is 14.1. The first-order valence-corrected chi connectivity index (χ1v) is 8.26. The molecule has 0 heterocycles. The van der Waals surface area contributed by atoms with Gasteiger partial charge in [-0.25, -0.2) is 0 Å². The second kappa shape index (κ2) is 10.4. The summed E-state index contributed by atoms with van der Waals surface area (Å²) in [5.41, 5.74) is 2.50. The molecule has 0 fully saturated rings. The van der Waals surface area contributed by atoms with Crippen LogP contribution in [0, 0.1) is 0 Å². The van der Waals surface area contributed by atoms with Crippen LogP contribution >= 0.6 is 0 Å². The van der Waals surface area contributed by atoms with E-state index in [1.807, 2.05) is 0 Å². The van der Waals surface area contributed by atoms with Crippen molar-refractivity contribution < 1.29 is 4.79 Å². The monoisotopic (exact) mass is 290 g/mol. The number of hydrogen-bond donors (Lipinski definition) is 1. The Kier molecular flexibility index (Phi) is 8.76.